The zero-order valence-corrected chi connectivity index (χ0v) is 15.1. The summed E-state index contributed by atoms with van der Waals surface area (Å²) in [6.07, 6.45) is 0.926. The molecule has 1 aromatic heterocycles. The van der Waals surface area contributed by atoms with Crippen LogP contribution in [0.4, 0.5) is 10.5 Å². The Morgan fingerprint density at radius 1 is 1.40 bits per heavy atom. The van der Waals surface area contributed by atoms with Gasteiger partial charge in [-0.05, 0) is 46.6 Å². The van der Waals surface area contributed by atoms with Crippen LogP contribution in [-0.4, -0.2) is 30.1 Å². The maximum absolute atomic E-state index is 12.0. The van der Waals surface area contributed by atoms with Crippen LogP contribution in [0.2, 0.25) is 0 Å². The van der Waals surface area contributed by atoms with Gasteiger partial charge >= 0.3 is 6.09 Å². The Kier molecular flexibility index (Phi) is 5.00. The number of carbonyl (C=O) groups excluding carboxylic acids is 1. The quantitative estimate of drug-likeness (QED) is 0.818. The molecule has 3 N–H and O–H groups in total. The smallest absolute Gasteiger partial charge is 0.391 e. The van der Waals surface area contributed by atoms with E-state index in [1.54, 1.807) is 24.4 Å². The summed E-state index contributed by atoms with van der Waals surface area (Å²) in [6, 6.07) is 10.7. The van der Waals surface area contributed by atoms with Crippen LogP contribution < -0.4 is 15.8 Å². The second-order valence-electron chi connectivity index (χ2n) is 5.78. The van der Waals surface area contributed by atoms with Crippen LogP contribution in [0.5, 0.6) is 5.88 Å². The van der Waals surface area contributed by atoms with E-state index in [2.05, 4.69) is 31.2 Å². The zero-order valence-electron chi connectivity index (χ0n) is 13.5. The van der Waals surface area contributed by atoms with E-state index in [0.29, 0.717) is 24.7 Å². The number of aromatic nitrogens is 1. The molecule has 1 amide bonds. The molecule has 0 saturated carbocycles. The molecular formula is C17H17BrN4O3. The van der Waals surface area contributed by atoms with Crippen molar-refractivity contribution >= 4 is 33.5 Å². The standard InChI is InChI=1S/C17H17BrN4O3/c1-17(10-24-9-14(19)22-17)11-3-2-4-13(7-11)21-16(23)25-15-6-5-12(18)8-20-15/h2-8H,9-10H2,1H3,(H2,19,22)(H,21,23). The van der Waals surface area contributed by atoms with Crippen LogP contribution >= 0.6 is 15.9 Å². The fourth-order valence-corrected chi connectivity index (χ4v) is 2.71. The van der Waals surface area contributed by atoms with E-state index < -0.39 is 11.6 Å². The number of hydrogen-bond acceptors (Lipinski definition) is 6. The molecule has 1 aliphatic heterocycles. The first kappa shape index (κ1) is 17.4. The number of nitrogens with two attached hydrogens (primary N) is 1. The molecule has 2 heterocycles. The number of benzene rings is 1. The van der Waals surface area contributed by atoms with Crippen LogP contribution in [0.1, 0.15) is 12.5 Å². The number of aliphatic imine (C=N–C) groups is 1. The van der Waals surface area contributed by atoms with Gasteiger partial charge in [-0.1, -0.05) is 12.1 Å². The van der Waals surface area contributed by atoms with E-state index in [4.69, 9.17) is 15.2 Å². The van der Waals surface area contributed by atoms with Crippen molar-refractivity contribution in [1.29, 1.82) is 0 Å². The van der Waals surface area contributed by atoms with Crippen molar-refractivity contribution in [2.75, 3.05) is 18.5 Å². The molecule has 0 aliphatic carbocycles. The van der Waals surface area contributed by atoms with Crippen molar-refractivity contribution in [1.82, 2.24) is 4.98 Å². The number of amidine groups is 1. The molecule has 1 atom stereocenters. The largest absolute Gasteiger partial charge is 0.418 e. The molecular weight excluding hydrogens is 388 g/mol. The maximum atomic E-state index is 12.0. The topological polar surface area (TPSA) is 98.8 Å². The lowest BCUT2D eigenvalue weighted by molar-refractivity contribution is 0.106. The predicted octanol–water partition coefficient (Wildman–Crippen LogP) is 3.06. The highest BCUT2D eigenvalue weighted by atomic mass is 79.9. The van der Waals surface area contributed by atoms with Crippen molar-refractivity contribution in [2.24, 2.45) is 10.7 Å². The molecule has 1 aliphatic rings. The lowest BCUT2D eigenvalue weighted by atomic mass is 9.92. The number of carbonyl (C=O) groups is 1. The van der Waals surface area contributed by atoms with Gasteiger partial charge in [-0.25, -0.2) is 9.78 Å². The molecule has 0 bridgehead atoms. The van der Waals surface area contributed by atoms with Gasteiger partial charge in [0.15, 0.2) is 0 Å². The number of anilines is 1. The van der Waals surface area contributed by atoms with E-state index in [1.165, 1.54) is 0 Å². The molecule has 7 nitrogen and oxygen atoms in total. The number of ether oxygens (including phenoxy) is 2. The van der Waals surface area contributed by atoms with E-state index in [0.717, 1.165) is 10.0 Å². The van der Waals surface area contributed by atoms with Crippen molar-refractivity contribution in [2.45, 2.75) is 12.5 Å². The van der Waals surface area contributed by atoms with E-state index in [9.17, 15) is 4.79 Å². The van der Waals surface area contributed by atoms with Crippen molar-refractivity contribution in [3.8, 4) is 5.88 Å². The van der Waals surface area contributed by atoms with Crippen LogP contribution in [-0.2, 0) is 10.3 Å². The second kappa shape index (κ2) is 7.20. The molecule has 0 fully saturated rings. The first-order valence-corrected chi connectivity index (χ1v) is 8.37. The third-order valence-corrected chi connectivity index (χ3v) is 4.12. The van der Waals surface area contributed by atoms with E-state index >= 15 is 0 Å². The predicted molar refractivity (Wildman–Crippen MR) is 97.8 cm³/mol. The summed E-state index contributed by atoms with van der Waals surface area (Å²) in [5.41, 5.74) is 6.67. The summed E-state index contributed by atoms with van der Waals surface area (Å²) in [7, 11) is 0. The lowest BCUT2D eigenvalue weighted by Gasteiger charge is -2.30. The molecule has 2 aromatic rings. The Labute approximate surface area is 153 Å². The van der Waals surface area contributed by atoms with Crippen molar-refractivity contribution in [3.05, 3.63) is 52.6 Å². The van der Waals surface area contributed by atoms with Crippen LogP contribution in [0.3, 0.4) is 0 Å². The number of pyridine rings is 1. The van der Waals surface area contributed by atoms with Gasteiger partial charge in [0.2, 0.25) is 5.88 Å². The number of rotatable bonds is 3. The summed E-state index contributed by atoms with van der Waals surface area (Å²) in [5.74, 6) is 0.662. The Morgan fingerprint density at radius 2 is 2.24 bits per heavy atom. The van der Waals surface area contributed by atoms with Gasteiger partial charge in [0.25, 0.3) is 0 Å². The van der Waals surface area contributed by atoms with E-state index in [-0.39, 0.29) is 5.88 Å². The fourth-order valence-electron chi connectivity index (χ4n) is 2.48. The number of nitrogens with zero attached hydrogens (tertiary/aromatic N) is 2. The minimum Gasteiger partial charge on any atom is -0.391 e. The molecule has 0 radical (unpaired) electrons. The number of hydrogen-bond donors (Lipinski definition) is 2. The first-order chi connectivity index (χ1) is 11.9. The van der Waals surface area contributed by atoms with Gasteiger partial charge in [-0.3, -0.25) is 10.3 Å². The zero-order chi connectivity index (χ0) is 17.9. The SMILES string of the molecule is CC1(c2cccc(NC(=O)Oc3ccc(Br)cn3)c2)COCC(N)=N1. The highest BCUT2D eigenvalue weighted by molar-refractivity contribution is 9.10. The minimum absolute atomic E-state index is 0.210. The van der Waals surface area contributed by atoms with Gasteiger partial charge in [-0.2, -0.15) is 0 Å². The van der Waals surface area contributed by atoms with Gasteiger partial charge in [0.1, 0.15) is 18.0 Å². The summed E-state index contributed by atoms with van der Waals surface area (Å²) < 4.78 is 11.4. The Balaban J connectivity index is 1.72. The minimum atomic E-state index is -0.625. The Bertz CT molecular complexity index is 810. The first-order valence-electron chi connectivity index (χ1n) is 7.57. The number of amides is 1. The van der Waals surface area contributed by atoms with E-state index in [1.807, 2.05) is 25.1 Å². The molecule has 3 rings (SSSR count). The van der Waals surface area contributed by atoms with Gasteiger partial charge in [0.05, 0.1) is 6.61 Å². The molecule has 8 heteroatoms. The Hall–Kier alpha value is -2.45. The number of halogens is 1. The van der Waals surface area contributed by atoms with Crippen LogP contribution in [0.25, 0.3) is 0 Å². The summed E-state index contributed by atoms with van der Waals surface area (Å²) in [4.78, 5) is 20.5. The van der Waals surface area contributed by atoms with Crippen LogP contribution in [0.15, 0.2) is 52.1 Å². The molecule has 1 aromatic carbocycles. The van der Waals surface area contributed by atoms with Gasteiger partial charge in [0, 0.05) is 22.4 Å². The molecule has 25 heavy (non-hydrogen) atoms. The van der Waals surface area contributed by atoms with Crippen molar-refractivity contribution < 1.29 is 14.3 Å². The molecule has 130 valence electrons. The summed E-state index contributed by atoms with van der Waals surface area (Å²) >= 11 is 3.27. The average Bonchev–Trinajstić information content (AvgIpc) is 2.57. The monoisotopic (exact) mass is 404 g/mol. The Morgan fingerprint density at radius 3 is 2.96 bits per heavy atom. The third kappa shape index (κ3) is 4.34. The van der Waals surface area contributed by atoms with Crippen molar-refractivity contribution in [3.63, 3.8) is 0 Å². The average molecular weight is 405 g/mol. The second-order valence-corrected chi connectivity index (χ2v) is 6.70. The highest BCUT2D eigenvalue weighted by Gasteiger charge is 2.30. The third-order valence-electron chi connectivity index (χ3n) is 3.65. The molecule has 1 unspecified atom stereocenters. The molecule has 0 saturated heterocycles. The maximum Gasteiger partial charge on any atom is 0.418 e. The van der Waals surface area contributed by atoms with Gasteiger partial charge < -0.3 is 15.2 Å². The highest BCUT2D eigenvalue weighted by Crippen LogP contribution is 2.30. The number of nitrogens with one attached hydrogen (secondary N) is 1. The summed E-state index contributed by atoms with van der Waals surface area (Å²) in [5, 5.41) is 2.68. The van der Waals surface area contributed by atoms with Crippen LogP contribution in [0, 0.1) is 0 Å². The fraction of sp³-hybridized carbons (Fsp3) is 0.235. The summed E-state index contributed by atoms with van der Waals surface area (Å²) in [6.45, 7) is 2.69. The normalized spacial score (nSPS) is 19.8. The lowest BCUT2D eigenvalue weighted by Crippen LogP contribution is -2.37. The van der Waals surface area contributed by atoms with Gasteiger partial charge in [-0.15, -0.1) is 0 Å². The molecule has 0 spiro atoms.